The maximum Gasteiger partial charge on any atom is 0.306 e. The first-order chi connectivity index (χ1) is 10.0. The van der Waals surface area contributed by atoms with E-state index in [4.69, 9.17) is 9.84 Å². The van der Waals surface area contributed by atoms with Crippen LogP contribution in [0.4, 0.5) is 0 Å². The molecule has 2 N–H and O–H groups in total. The highest BCUT2D eigenvalue weighted by Crippen LogP contribution is 2.32. The van der Waals surface area contributed by atoms with Crippen molar-refractivity contribution in [1.29, 1.82) is 0 Å². The van der Waals surface area contributed by atoms with E-state index < -0.39 is 5.97 Å². The molecule has 1 unspecified atom stereocenters. The number of nitrogens with one attached hydrogen (secondary N) is 1. The predicted molar refractivity (Wildman–Crippen MR) is 78.0 cm³/mol. The second-order valence-electron chi connectivity index (χ2n) is 5.52. The van der Waals surface area contributed by atoms with E-state index in [1.165, 1.54) is 0 Å². The van der Waals surface area contributed by atoms with E-state index in [0.29, 0.717) is 19.3 Å². The maximum absolute atomic E-state index is 12.3. The average Bonchev–Trinajstić information content (AvgIpc) is 2.97. The molecule has 1 aromatic carbocycles. The molecule has 0 radical (unpaired) electrons. The number of ether oxygens (including phenoxy) is 1. The summed E-state index contributed by atoms with van der Waals surface area (Å²) >= 11 is 0. The van der Waals surface area contributed by atoms with Gasteiger partial charge in [0.05, 0.1) is 19.1 Å². The molecule has 0 aromatic heterocycles. The van der Waals surface area contributed by atoms with E-state index in [-0.39, 0.29) is 23.8 Å². The Labute approximate surface area is 124 Å². The minimum absolute atomic E-state index is 0.0721. The average molecular weight is 291 g/mol. The van der Waals surface area contributed by atoms with Gasteiger partial charge in [-0.1, -0.05) is 18.2 Å². The van der Waals surface area contributed by atoms with Gasteiger partial charge in [-0.3, -0.25) is 9.59 Å². The van der Waals surface area contributed by atoms with Gasteiger partial charge in [-0.2, -0.15) is 0 Å². The number of carboxylic acid groups (broad SMARTS) is 1. The lowest BCUT2D eigenvalue weighted by atomic mass is 10.0. The first-order valence-corrected chi connectivity index (χ1v) is 7.19. The molecule has 0 heterocycles. The Hall–Kier alpha value is -2.04. The zero-order valence-corrected chi connectivity index (χ0v) is 12.3. The molecule has 1 aliphatic carbocycles. The van der Waals surface area contributed by atoms with Crippen LogP contribution >= 0.6 is 0 Å². The van der Waals surface area contributed by atoms with Crippen molar-refractivity contribution in [2.45, 2.75) is 32.2 Å². The fraction of sp³-hybridized carbons (Fsp3) is 0.500. The molecule has 1 amide bonds. The highest BCUT2D eigenvalue weighted by molar-refractivity contribution is 5.81. The fourth-order valence-corrected chi connectivity index (χ4v) is 2.88. The van der Waals surface area contributed by atoms with Crippen molar-refractivity contribution < 1.29 is 19.4 Å². The Morgan fingerprint density at radius 1 is 1.29 bits per heavy atom. The number of carbonyl (C=O) groups excluding carboxylic acids is 1. The molecule has 5 heteroatoms. The van der Waals surface area contributed by atoms with Crippen molar-refractivity contribution in [3.8, 4) is 5.75 Å². The standard InChI is InChI=1S/C16H21NO4/c1-10(13-5-3-4-6-14(13)21-2)17-15(18)11-7-8-12(9-11)16(19)20/h3-6,10-12H,7-9H2,1-2H3,(H,17,18)(H,19,20)/t10?,11-,12+/m1/s1. The molecule has 0 spiro atoms. The van der Waals surface area contributed by atoms with Crippen molar-refractivity contribution in [1.82, 2.24) is 5.32 Å². The van der Waals surface area contributed by atoms with E-state index in [9.17, 15) is 9.59 Å². The molecule has 1 aromatic rings. The smallest absolute Gasteiger partial charge is 0.306 e. The Balaban J connectivity index is 1.98. The van der Waals surface area contributed by atoms with Gasteiger partial charge in [0.15, 0.2) is 0 Å². The third-order valence-corrected chi connectivity index (χ3v) is 4.12. The van der Waals surface area contributed by atoms with Gasteiger partial charge in [-0.15, -0.1) is 0 Å². The fourth-order valence-electron chi connectivity index (χ4n) is 2.88. The zero-order chi connectivity index (χ0) is 15.4. The van der Waals surface area contributed by atoms with Gasteiger partial charge in [0, 0.05) is 11.5 Å². The lowest BCUT2D eigenvalue weighted by Crippen LogP contribution is -2.32. The summed E-state index contributed by atoms with van der Waals surface area (Å²) in [6.07, 6.45) is 1.65. The topological polar surface area (TPSA) is 75.6 Å². The van der Waals surface area contributed by atoms with Crippen molar-refractivity contribution >= 4 is 11.9 Å². The summed E-state index contributed by atoms with van der Waals surface area (Å²) in [5.41, 5.74) is 0.918. The molecule has 0 saturated heterocycles. The van der Waals surface area contributed by atoms with Crippen LogP contribution in [-0.2, 0) is 9.59 Å². The van der Waals surface area contributed by atoms with Crippen LogP contribution in [0.3, 0.4) is 0 Å². The maximum atomic E-state index is 12.3. The number of methoxy groups -OCH3 is 1. The van der Waals surface area contributed by atoms with Gasteiger partial charge in [0.2, 0.25) is 5.91 Å². The van der Waals surface area contributed by atoms with Crippen LogP contribution in [0.1, 0.15) is 37.8 Å². The van der Waals surface area contributed by atoms with Gasteiger partial charge in [-0.25, -0.2) is 0 Å². The number of amides is 1. The number of hydrogen-bond donors (Lipinski definition) is 2. The van der Waals surface area contributed by atoms with Gasteiger partial charge < -0.3 is 15.2 Å². The molecule has 1 saturated carbocycles. The zero-order valence-electron chi connectivity index (χ0n) is 12.3. The van der Waals surface area contributed by atoms with E-state index in [1.807, 2.05) is 31.2 Å². The van der Waals surface area contributed by atoms with Crippen molar-refractivity contribution in [2.75, 3.05) is 7.11 Å². The molecule has 1 aliphatic rings. The van der Waals surface area contributed by atoms with Crippen LogP contribution in [0.25, 0.3) is 0 Å². The quantitative estimate of drug-likeness (QED) is 0.873. The Morgan fingerprint density at radius 2 is 1.95 bits per heavy atom. The monoisotopic (exact) mass is 291 g/mol. The third-order valence-electron chi connectivity index (χ3n) is 4.12. The van der Waals surface area contributed by atoms with Gasteiger partial charge in [-0.05, 0) is 32.3 Å². The molecule has 0 bridgehead atoms. The minimum Gasteiger partial charge on any atom is -0.496 e. The Morgan fingerprint density at radius 3 is 2.57 bits per heavy atom. The van der Waals surface area contributed by atoms with Crippen molar-refractivity contribution in [3.63, 3.8) is 0 Å². The third kappa shape index (κ3) is 3.54. The highest BCUT2D eigenvalue weighted by atomic mass is 16.5. The summed E-state index contributed by atoms with van der Waals surface area (Å²) in [6.45, 7) is 1.90. The van der Waals surface area contributed by atoms with Crippen LogP contribution < -0.4 is 10.1 Å². The number of para-hydroxylation sites is 1. The second-order valence-corrected chi connectivity index (χ2v) is 5.52. The predicted octanol–water partition coefficient (Wildman–Crippen LogP) is 2.37. The largest absolute Gasteiger partial charge is 0.496 e. The summed E-state index contributed by atoms with van der Waals surface area (Å²) in [5.74, 6) is -0.731. The van der Waals surface area contributed by atoms with Gasteiger partial charge >= 0.3 is 5.97 Å². The first kappa shape index (κ1) is 15.4. The molecule has 5 nitrogen and oxygen atoms in total. The van der Waals surface area contributed by atoms with Crippen LogP contribution in [0, 0.1) is 11.8 Å². The molecular weight excluding hydrogens is 270 g/mol. The highest BCUT2D eigenvalue weighted by Gasteiger charge is 2.34. The number of aliphatic carboxylic acids is 1. The summed E-state index contributed by atoms with van der Waals surface area (Å²) in [5, 5.41) is 12.0. The molecular formula is C16H21NO4. The number of hydrogen-bond acceptors (Lipinski definition) is 3. The van der Waals surface area contributed by atoms with Crippen molar-refractivity contribution in [2.24, 2.45) is 11.8 Å². The lowest BCUT2D eigenvalue weighted by Gasteiger charge is -2.19. The summed E-state index contributed by atoms with van der Waals surface area (Å²) < 4.78 is 5.29. The first-order valence-electron chi connectivity index (χ1n) is 7.19. The van der Waals surface area contributed by atoms with Gasteiger partial charge in [0.1, 0.15) is 5.75 Å². The van der Waals surface area contributed by atoms with E-state index in [1.54, 1.807) is 7.11 Å². The molecule has 2 rings (SSSR count). The number of carboxylic acids is 1. The van der Waals surface area contributed by atoms with Crippen LogP contribution in [0.5, 0.6) is 5.75 Å². The molecule has 3 atom stereocenters. The molecule has 1 fully saturated rings. The summed E-state index contributed by atoms with van der Waals surface area (Å²) in [4.78, 5) is 23.2. The van der Waals surface area contributed by atoms with E-state index in [2.05, 4.69) is 5.32 Å². The van der Waals surface area contributed by atoms with E-state index in [0.717, 1.165) is 11.3 Å². The number of carbonyl (C=O) groups is 2. The Kier molecular flexibility index (Phi) is 4.83. The summed E-state index contributed by atoms with van der Waals surface area (Å²) in [6, 6.07) is 7.38. The van der Waals surface area contributed by atoms with Crippen LogP contribution in [0.2, 0.25) is 0 Å². The number of benzene rings is 1. The molecule has 21 heavy (non-hydrogen) atoms. The van der Waals surface area contributed by atoms with Crippen molar-refractivity contribution in [3.05, 3.63) is 29.8 Å². The second kappa shape index (κ2) is 6.61. The van der Waals surface area contributed by atoms with Gasteiger partial charge in [0.25, 0.3) is 0 Å². The molecule has 0 aliphatic heterocycles. The lowest BCUT2D eigenvalue weighted by molar-refractivity contribution is -0.141. The summed E-state index contributed by atoms with van der Waals surface area (Å²) in [7, 11) is 1.60. The number of rotatable bonds is 5. The SMILES string of the molecule is COc1ccccc1C(C)NC(=O)[C@@H]1CC[C@H](C(=O)O)C1. The van der Waals surface area contributed by atoms with E-state index >= 15 is 0 Å². The van der Waals surface area contributed by atoms with Crippen LogP contribution in [0.15, 0.2) is 24.3 Å². The minimum atomic E-state index is -0.803. The Bertz CT molecular complexity index is 529. The molecule has 114 valence electrons. The normalized spacial score (nSPS) is 22.6. The van der Waals surface area contributed by atoms with Crippen LogP contribution in [-0.4, -0.2) is 24.1 Å².